The molecule has 0 radical (unpaired) electrons. The predicted molar refractivity (Wildman–Crippen MR) is 51.9 cm³/mol. The SMILES string of the molecule is C[N+](C)(C)C1CCC2CCC1C2. The molecule has 2 aliphatic rings. The minimum absolute atomic E-state index is 0.962. The number of fused-ring (bicyclic) bond motifs is 2. The molecule has 3 unspecified atom stereocenters. The Morgan fingerprint density at radius 3 is 2.25 bits per heavy atom. The van der Waals surface area contributed by atoms with Crippen LogP contribution in [0.15, 0.2) is 0 Å². The van der Waals surface area contributed by atoms with Gasteiger partial charge in [0.2, 0.25) is 0 Å². The van der Waals surface area contributed by atoms with Crippen LogP contribution in [0.2, 0.25) is 0 Å². The molecule has 2 saturated carbocycles. The molecule has 2 bridgehead atoms. The molecule has 1 heteroatoms. The van der Waals surface area contributed by atoms with Gasteiger partial charge in [-0.3, -0.25) is 0 Å². The number of hydrogen-bond donors (Lipinski definition) is 0. The minimum atomic E-state index is 0.962. The molecule has 0 aromatic heterocycles. The van der Waals surface area contributed by atoms with E-state index in [4.69, 9.17) is 0 Å². The summed E-state index contributed by atoms with van der Waals surface area (Å²) in [4.78, 5) is 0. The quantitative estimate of drug-likeness (QED) is 0.527. The van der Waals surface area contributed by atoms with Crippen LogP contribution in [0, 0.1) is 11.8 Å². The Balaban J connectivity index is 2.07. The highest BCUT2D eigenvalue weighted by molar-refractivity contribution is 4.87. The van der Waals surface area contributed by atoms with E-state index < -0.39 is 0 Å². The van der Waals surface area contributed by atoms with Crippen LogP contribution in [-0.2, 0) is 0 Å². The lowest BCUT2D eigenvalue weighted by molar-refractivity contribution is -0.901. The van der Waals surface area contributed by atoms with Crippen molar-refractivity contribution in [3.8, 4) is 0 Å². The molecule has 0 aliphatic heterocycles. The summed E-state index contributed by atoms with van der Waals surface area (Å²) < 4.78 is 1.19. The van der Waals surface area contributed by atoms with E-state index in [1.807, 2.05) is 0 Å². The summed E-state index contributed by atoms with van der Waals surface area (Å²) in [5.74, 6) is 2.17. The van der Waals surface area contributed by atoms with Crippen molar-refractivity contribution in [2.45, 2.75) is 38.1 Å². The highest BCUT2D eigenvalue weighted by atomic mass is 15.3. The van der Waals surface area contributed by atoms with Crippen molar-refractivity contribution in [2.24, 2.45) is 11.8 Å². The van der Waals surface area contributed by atoms with Gasteiger partial charge in [0, 0.05) is 5.92 Å². The van der Waals surface area contributed by atoms with Crippen LogP contribution in [0.4, 0.5) is 0 Å². The first-order chi connectivity index (χ1) is 5.57. The third-order valence-electron chi connectivity index (χ3n) is 3.99. The van der Waals surface area contributed by atoms with Gasteiger partial charge >= 0.3 is 0 Å². The maximum atomic E-state index is 2.36. The molecule has 0 heterocycles. The lowest BCUT2D eigenvalue weighted by Crippen LogP contribution is -2.49. The maximum absolute atomic E-state index is 2.36. The van der Waals surface area contributed by atoms with Gasteiger partial charge in [-0.05, 0) is 38.0 Å². The van der Waals surface area contributed by atoms with Crippen molar-refractivity contribution in [3.05, 3.63) is 0 Å². The van der Waals surface area contributed by atoms with Gasteiger partial charge in [0.15, 0.2) is 0 Å². The second-order valence-corrected chi connectivity index (χ2v) is 5.70. The molecule has 0 aromatic carbocycles. The fourth-order valence-corrected chi connectivity index (χ4v) is 3.39. The number of quaternary nitrogens is 1. The van der Waals surface area contributed by atoms with E-state index in [0.717, 1.165) is 17.9 Å². The Hall–Kier alpha value is -0.0400. The van der Waals surface area contributed by atoms with Crippen LogP contribution >= 0.6 is 0 Å². The zero-order valence-electron chi connectivity index (χ0n) is 8.71. The Morgan fingerprint density at radius 1 is 0.917 bits per heavy atom. The van der Waals surface area contributed by atoms with E-state index in [-0.39, 0.29) is 0 Å². The maximum Gasteiger partial charge on any atom is 0.0912 e. The Bertz CT molecular complexity index is 168. The van der Waals surface area contributed by atoms with E-state index in [2.05, 4.69) is 21.1 Å². The Kier molecular flexibility index (Phi) is 1.95. The monoisotopic (exact) mass is 168 g/mol. The summed E-state index contributed by atoms with van der Waals surface area (Å²) >= 11 is 0. The van der Waals surface area contributed by atoms with Gasteiger partial charge in [0.25, 0.3) is 0 Å². The van der Waals surface area contributed by atoms with Crippen LogP contribution in [0.25, 0.3) is 0 Å². The third kappa shape index (κ3) is 1.39. The number of hydrogen-bond acceptors (Lipinski definition) is 0. The highest BCUT2D eigenvalue weighted by Crippen LogP contribution is 2.44. The highest BCUT2D eigenvalue weighted by Gasteiger charge is 2.41. The lowest BCUT2D eigenvalue weighted by atomic mass is 9.83. The standard InChI is InChI=1S/C11H22N/c1-12(2,3)11-7-5-9-4-6-10(11)8-9/h9-11H,4-8H2,1-3H3/q+1. The summed E-state index contributed by atoms with van der Waals surface area (Å²) in [7, 11) is 7.09. The van der Waals surface area contributed by atoms with Crippen LogP contribution in [0.3, 0.4) is 0 Å². The molecule has 2 rings (SSSR count). The molecule has 70 valence electrons. The Labute approximate surface area is 76.3 Å². The molecule has 0 amide bonds. The van der Waals surface area contributed by atoms with Crippen LogP contribution in [0.1, 0.15) is 32.1 Å². The molecule has 2 aliphatic carbocycles. The summed E-state index contributed by atoms with van der Waals surface area (Å²) in [6, 6.07) is 0.962. The lowest BCUT2D eigenvalue weighted by Gasteiger charge is -2.40. The molecule has 0 N–H and O–H groups in total. The number of nitrogens with zero attached hydrogens (tertiary/aromatic N) is 1. The van der Waals surface area contributed by atoms with Gasteiger partial charge in [-0.15, -0.1) is 0 Å². The molecular weight excluding hydrogens is 146 g/mol. The average molecular weight is 168 g/mol. The summed E-state index contributed by atoms with van der Waals surface area (Å²) in [6.07, 6.45) is 7.59. The van der Waals surface area contributed by atoms with Crippen molar-refractivity contribution in [2.75, 3.05) is 21.1 Å². The van der Waals surface area contributed by atoms with Crippen LogP contribution in [0.5, 0.6) is 0 Å². The zero-order chi connectivity index (χ0) is 8.77. The van der Waals surface area contributed by atoms with Crippen molar-refractivity contribution in [3.63, 3.8) is 0 Å². The van der Waals surface area contributed by atoms with Crippen molar-refractivity contribution in [1.82, 2.24) is 0 Å². The topological polar surface area (TPSA) is 0 Å². The summed E-state index contributed by atoms with van der Waals surface area (Å²) in [5, 5.41) is 0. The molecule has 2 fully saturated rings. The second-order valence-electron chi connectivity index (χ2n) is 5.70. The number of rotatable bonds is 1. The molecule has 0 spiro atoms. The van der Waals surface area contributed by atoms with E-state index in [1.54, 1.807) is 6.42 Å². The molecule has 0 aromatic rings. The molecule has 3 atom stereocenters. The van der Waals surface area contributed by atoms with E-state index in [9.17, 15) is 0 Å². The van der Waals surface area contributed by atoms with Gasteiger partial charge in [-0.2, -0.15) is 0 Å². The largest absolute Gasteiger partial charge is 0.328 e. The molecule has 0 saturated heterocycles. The van der Waals surface area contributed by atoms with Gasteiger partial charge in [0.1, 0.15) is 0 Å². The first kappa shape index (κ1) is 8.55. The zero-order valence-corrected chi connectivity index (χ0v) is 8.71. The van der Waals surface area contributed by atoms with E-state index in [1.165, 1.54) is 30.2 Å². The average Bonchev–Trinajstić information content (AvgIpc) is 2.30. The Morgan fingerprint density at radius 2 is 1.58 bits per heavy atom. The summed E-state index contributed by atoms with van der Waals surface area (Å²) in [6.45, 7) is 0. The normalized spacial score (nSPS) is 41.8. The van der Waals surface area contributed by atoms with Crippen molar-refractivity contribution < 1.29 is 4.48 Å². The molecular formula is C11H22N+. The minimum Gasteiger partial charge on any atom is -0.328 e. The fourth-order valence-electron chi connectivity index (χ4n) is 3.39. The smallest absolute Gasteiger partial charge is 0.0912 e. The summed E-state index contributed by atoms with van der Waals surface area (Å²) in [5.41, 5.74) is 0. The van der Waals surface area contributed by atoms with E-state index in [0.29, 0.717) is 0 Å². The third-order valence-corrected chi connectivity index (χ3v) is 3.99. The predicted octanol–water partition coefficient (Wildman–Crippen LogP) is 2.27. The molecule has 1 nitrogen and oxygen atoms in total. The van der Waals surface area contributed by atoms with Crippen LogP contribution < -0.4 is 0 Å². The first-order valence-corrected chi connectivity index (χ1v) is 5.38. The van der Waals surface area contributed by atoms with Gasteiger partial charge in [-0.25, -0.2) is 0 Å². The van der Waals surface area contributed by atoms with Gasteiger partial charge in [-0.1, -0.05) is 0 Å². The second kappa shape index (κ2) is 2.73. The molecule has 12 heavy (non-hydrogen) atoms. The first-order valence-electron chi connectivity index (χ1n) is 5.38. The van der Waals surface area contributed by atoms with Gasteiger partial charge < -0.3 is 4.48 Å². The van der Waals surface area contributed by atoms with Crippen LogP contribution in [-0.4, -0.2) is 31.7 Å². The fraction of sp³-hybridized carbons (Fsp3) is 1.00. The van der Waals surface area contributed by atoms with E-state index >= 15 is 0 Å². The van der Waals surface area contributed by atoms with Crippen molar-refractivity contribution >= 4 is 0 Å². The van der Waals surface area contributed by atoms with Crippen molar-refractivity contribution in [1.29, 1.82) is 0 Å². The van der Waals surface area contributed by atoms with Gasteiger partial charge in [0.05, 0.1) is 27.2 Å².